The molecule has 1 saturated heterocycles. The summed E-state index contributed by atoms with van der Waals surface area (Å²) in [7, 11) is 0. The molecule has 0 radical (unpaired) electrons. The van der Waals surface area contributed by atoms with Crippen molar-refractivity contribution in [2.24, 2.45) is 0 Å². The van der Waals surface area contributed by atoms with Crippen LogP contribution in [0.4, 0.5) is 13.2 Å². The summed E-state index contributed by atoms with van der Waals surface area (Å²) in [6.07, 6.45) is -2.05. The Labute approximate surface area is 181 Å². The molecule has 2 amide bonds. The van der Waals surface area contributed by atoms with Gasteiger partial charge in [0.15, 0.2) is 6.04 Å². The Morgan fingerprint density at radius 1 is 1.22 bits per heavy atom. The van der Waals surface area contributed by atoms with Crippen LogP contribution in [0.25, 0.3) is 0 Å². The van der Waals surface area contributed by atoms with E-state index in [-0.39, 0.29) is 6.54 Å². The Kier molecular flexibility index (Phi) is 9.23. The van der Waals surface area contributed by atoms with Crippen LogP contribution < -0.4 is 15.4 Å². The molecular weight excluding hydrogens is 439 g/mol. The summed E-state index contributed by atoms with van der Waals surface area (Å²) in [5.74, 6) is -4.80. The van der Waals surface area contributed by atoms with E-state index in [0.717, 1.165) is 12.1 Å². The molecule has 2 rings (SSSR count). The Hall–Kier alpha value is -2.90. The highest BCUT2D eigenvalue weighted by atomic mass is 19.3. The number of rotatable bonds is 10. The van der Waals surface area contributed by atoms with Crippen molar-refractivity contribution < 1.29 is 47.2 Å². The number of alkyl halides is 2. The van der Waals surface area contributed by atoms with Crippen LogP contribution in [0.15, 0.2) is 18.2 Å². The molecular formula is C19H24F3N3O7. The van der Waals surface area contributed by atoms with Gasteiger partial charge in [-0.3, -0.25) is 14.5 Å². The van der Waals surface area contributed by atoms with Crippen LogP contribution >= 0.6 is 0 Å². The van der Waals surface area contributed by atoms with E-state index in [1.165, 1.54) is 6.92 Å². The maximum Gasteiger partial charge on any atom is 0.387 e. The fourth-order valence-corrected chi connectivity index (χ4v) is 2.97. The predicted molar refractivity (Wildman–Crippen MR) is 102 cm³/mol. The number of benzene rings is 1. The molecule has 0 unspecified atom stereocenters. The number of morpholine rings is 1. The molecule has 10 nitrogen and oxygen atoms in total. The molecule has 0 spiro atoms. The molecule has 1 aromatic rings. The number of hydrogen-bond acceptors (Lipinski definition) is 7. The monoisotopic (exact) mass is 463 g/mol. The van der Waals surface area contributed by atoms with Gasteiger partial charge in [-0.2, -0.15) is 8.78 Å². The van der Waals surface area contributed by atoms with E-state index in [2.05, 4.69) is 10.1 Å². The maximum atomic E-state index is 14.2. The summed E-state index contributed by atoms with van der Waals surface area (Å²) >= 11 is 0. The molecule has 0 aliphatic carbocycles. The van der Waals surface area contributed by atoms with E-state index in [1.807, 2.05) is 10.2 Å². The first-order valence-corrected chi connectivity index (χ1v) is 9.63. The zero-order chi connectivity index (χ0) is 23.8. The van der Waals surface area contributed by atoms with Crippen molar-refractivity contribution in [3.63, 3.8) is 0 Å². The fraction of sp³-hybridized carbons (Fsp3) is 0.526. The lowest BCUT2D eigenvalue weighted by molar-refractivity contribution is -0.145. The minimum Gasteiger partial charge on any atom is -0.480 e. The van der Waals surface area contributed by atoms with Crippen LogP contribution in [0.3, 0.4) is 0 Å². The second-order valence-electron chi connectivity index (χ2n) is 7.01. The number of aliphatic hydroxyl groups excluding tert-OH is 1. The van der Waals surface area contributed by atoms with Crippen molar-refractivity contribution in [1.82, 2.24) is 15.5 Å². The SMILES string of the molecule is C[C@H](NC(=O)CN1CCOCC1)C(=O)N[C@H](C(=O)O)[C@H](O)c1ccc(OC(F)F)cc1F. The number of nitrogens with zero attached hydrogens (tertiary/aromatic N) is 1. The molecule has 1 aromatic carbocycles. The molecule has 4 N–H and O–H groups in total. The van der Waals surface area contributed by atoms with Crippen molar-refractivity contribution in [2.45, 2.75) is 31.7 Å². The van der Waals surface area contributed by atoms with Crippen LogP contribution in [-0.4, -0.2) is 84.4 Å². The maximum absolute atomic E-state index is 14.2. The molecule has 1 fully saturated rings. The van der Waals surface area contributed by atoms with E-state index in [0.29, 0.717) is 32.4 Å². The van der Waals surface area contributed by atoms with Crippen molar-refractivity contribution in [1.29, 1.82) is 0 Å². The molecule has 0 bridgehead atoms. The third-order valence-electron chi connectivity index (χ3n) is 4.64. The third-order valence-corrected chi connectivity index (χ3v) is 4.64. The van der Waals surface area contributed by atoms with E-state index in [1.54, 1.807) is 0 Å². The number of amides is 2. The first-order valence-electron chi connectivity index (χ1n) is 9.63. The van der Waals surface area contributed by atoms with Crippen molar-refractivity contribution >= 4 is 17.8 Å². The highest BCUT2D eigenvalue weighted by Gasteiger charge is 2.33. The molecule has 178 valence electrons. The van der Waals surface area contributed by atoms with E-state index in [4.69, 9.17) is 4.74 Å². The number of aliphatic hydroxyl groups is 1. The molecule has 13 heteroatoms. The van der Waals surface area contributed by atoms with Crippen LogP contribution in [-0.2, 0) is 19.1 Å². The smallest absolute Gasteiger partial charge is 0.387 e. The van der Waals surface area contributed by atoms with Crippen LogP contribution in [0.5, 0.6) is 5.75 Å². The number of nitrogens with one attached hydrogen (secondary N) is 2. The topological polar surface area (TPSA) is 137 Å². The molecule has 1 aliphatic rings. The second-order valence-corrected chi connectivity index (χ2v) is 7.01. The van der Waals surface area contributed by atoms with Gasteiger partial charge in [-0.05, 0) is 19.1 Å². The molecule has 32 heavy (non-hydrogen) atoms. The minimum atomic E-state index is -3.20. The zero-order valence-electron chi connectivity index (χ0n) is 17.1. The number of ether oxygens (including phenoxy) is 2. The summed E-state index contributed by atoms with van der Waals surface area (Å²) in [5, 5.41) is 24.1. The van der Waals surface area contributed by atoms with Gasteiger partial charge in [-0.25, -0.2) is 9.18 Å². The normalized spacial score (nSPS) is 17.3. The largest absolute Gasteiger partial charge is 0.480 e. The first-order chi connectivity index (χ1) is 15.1. The number of carboxylic acids is 1. The summed E-state index contributed by atoms with van der Waals surface area (Å²) in [6.45, 7) is 0.193. The fourth-order valence-electron chi connectivity index (χ4n) is 2.97. The highest BCUT2D eigenvalue weighted by Crippen LogP contribution is 2.25. The van der Waals surface area contributed by atoms with Crippen molar-refractivity contribution in [3.8, 4) is 5.75 Å². The lowest BCUT2D eigenvalue weighted by Crippen LogP contribution is -2.53. The summed E-state index contributed by atoms with van der Waals surface area (Å²) in [4.78, 5) is 37.8. The first kappa shape index (κ1) is 25.4. The van der Waals surface area contributed by atoms with Gasteiger partial charge >= 0.3 is 12.6 Å². The third kappa shape index (κ3) is 7.35. The van der Waals surface area contributed by atoms with E-state index >= 15 is 0 Å². The average Bonchev–Trinajstić information content (AvgIpc) is 2.71. The Morgan fingerprint density at radius 2 is 1.88 bits per heavy atom. The molecule has 1 heterocycles. The number of carbonyl (C=O) groups is 3. The van der Waals surface area contributed by atoms with Gasteiger partial charge in [0.2, 0.25) is 11.8 Å². The van der Waals surface area contributed by atoms with Gasteiger partial charge in [0, 0.05) is 24.7 Å². The number of halogens is 3. The van der Waals surface area contributed by atoms with Crippen LogP contribution in [0, 0.1) is 5.82 Å². The predicted octanol–water partition coefficient (Wildman–Crippen LogP) is -0.133. The molecule has 0 aromatic heterocycles. The lowest BCUT2D eigenvalue weighted by Gasteiger charge is -2.27. The van der Waals surface area contributed by atoms with Crippen LogP contribution in [0.2, 0.25) is 0 Å². The zero-order valence-corrected chi connectivity index (χ0v) is 17.1. The standard InChI is InChI=1S/C19H24F3N3O7/c1-10(23-14(26)9-25-4-6-31-7-5-25)17(28)24-15(18(29)30)16(27)12-3-2-11(8-13(12)20)32-19(21)22/h2-3,8,10,15-16,19,27H,4-7,9H2,1H3,(H,23,26)(H,24,28)(H,29,30)/t10-,15-,16+/m0/s1. The van der Waals surface area contributed by atoms with Gasteiger partial charge in [0.05, 0.1) is 19.8 Å². The quantitative estimate of drug-likeness (QED) is 0.377. The van der Waals surface area contributed by atoms with Gasteiger partial charge < -0.3 is 30.3 Å². The van der Waals surface area contributed by atoms with Gasteiger partial charge in [-0.1, -0.05) is 0 Å². The van der Waals surface area contributed by atoms with E-state index in [9.17, 15) is 37.8 Å². The van der Waals surface area contributed by atoms with Crippen molar-refractivity contribution in [2.75, 3.05) is 32.8 Å². The number of carbonyl (C=O) groups excluding carboxylic acids is 2. The van der Waals surface area contributed by atoms with E-state index < -0.39 is 59.7 Å². The molecule has 3 atom stereocenters. The summed E-state index contributed by atoms with van der Waals surface area (Å²) < 4.78 is 47.9. The lowest BCUT2D eigenvalue weighted by atomic mass is 10.0. The van der Waals surface area contributed by atoms with Gasteiger partial charge in [0.25, 0.3) is 0 Å². The number of aliphatic carboxylic acids is 1. The molecule has 0 saturated carbocycles. The number of hydrogen-bond donors (Lipinski definition) is 4. The Balaban J connectivity index is 1.99. The number of carboxylic acid groups (broad SMARTS) is 1. The Morgan fingerprint density at radius 3 is 2.44 bits per heavy atom. The Bertz CT molecular complexity index is 821. The van der Waals surface area contributed by atoms with Gasteiger partial charge in [-0.15, -0.1) is 0 Å². The minimum absolute atomic E-state index is 0.0181. The van der Waals surface area contributed by atoms with Gasteiger partial charge in [0.1, 0.15) is 23.7 Å². The second kappa shape index (κ2) is 11.6. The highest BCUT2D eigenvalue weighted by molar-refractivity contribution is 5.90. The summed E-state index contributed by atoms with van der Waals surface area (Å²) in [6, 6.07) is -0.780. The molecule has 1 aliphatic heterocycles. The van der Waals surface area contributed by atoms with Crippen LogP contribution in [0.1, 0.15) is 18.6 Å². The average molecular weight is 463 g/mol. The summed E-state index contributed by atoms with van der Waals surface area (Å²) in [5.41, 5.74) is -0.552. The van der Waals surface area contributed by atoms with Crippen molar-refractivity contribution in [3.05, 3.63) is 29.6 Å².